The molecule has 1 aromatic carbocycles. The smallest absolute Gasteiger partial charge is 0.130 e. The van der Waals surface area contributed by atoms with Crippen molar-refractivity contribution >= 4 is 16.7 Å². The van der Waals surface area contributed by atoms with Crippen LogP contribution in [-0.2, 0) is 6.42 Å². The molecule has 15 heavy (non-hydrogen) atoms. The van der Waals surface area contributed by atoms with Gasteiger partial charge in [-0.1, -0.05) is 12.1 Å². The molecule has 0 unspecified atom stereocenters. The maximum Gasteiger partial charge on any atom is 0.130 e. The summed E-state index contributed by atoms with van der Waals surface area (Å²) in [5.74, 6) is 1.06. The van der Waals surface area contributed by atoms with E-state index in [2.05, 4.69) is 35.4 Å². The number of rotatable bonds is 0. The summed E-state index contributed by atoms with van der Waals surface area (Å²) < 4.78 is 0. The normalized spacial score (nSPS) is 19.7. The van der Waals surface area contributed by atoms with Crippen molar-refractivity contribution in [3.05, 3.63) is 35.9 Å². The summed E-state index contributed by atoms with van der Waals surface area (Å²) in [6.07, 6.45) is 2.32. The third-order valence-corrected chi connectivity index (χ3v) is 2.97. The predicted molar refractivity (Wildman–Crippen MR) is 62.0 cm³/mol. The number of anilines is 1. The molecule has 0 aliphatic carbocycles. The van der Waals surface area contributed by atoms with Crippen LogP contribution < -0.4 is 5.32 Å². The van der Waals surface area contributed by atoms with Crippen molar-refractivity contribution in [1.29, 1.82) is 0 Å². The average Bonchev–Trinajstić information content (AvgIpc) is 2.26. The molecular formula is C13H13N2. The monoisotopic (exact) mass is 197 g/mol. The van der Waals surface area contributed by atoms with Crippen molar-refractivity contribution in [3.63, 3.8) is 0 Å². The van der Waals surface area contributed by atoms with Crippen LogP contribution in [0.3, 0.4) is 0 Å². The molecule has 1 N–H and O–H groups in total. The Morgan fingerprint density at radius 1 is 1.53 bits per heavy atom. The molecule has 75 valence electrons. The van der Waals surface area contributed by atoms with Gasteiger partial charge in [0.15, 0.2) is 0 Å². The molecule has 0 saturated heterocycles. The quantitative estimate of drug-likeness (QED) is 0.702. The van der Waals surface area contributed by atoms with Crippen LogP contribution in [0.15, 0.2) is 24.3 Å². The van der Waals surface area contributed by atoms with Gasteiger partial charge in [-0.3, -0.25) is 0 Å². The van der Waals surface area contributed by atoms with Gasteiger partial charge >= 0.3 is 0 Å². The van der Waals surface area contributed by atoms with Crippen LogP contribution in [0.25, 0.3) is 10.9 Å². The number of pyridine rings is 1. The second-order valence-electron chi connectivity index (χ2n) is 4.20. The minimum absolute atomic E-state index is 0.537. The summed E-state index contributed by atoms with van der Waals surface area (Å²) in [4.78, 5) is 4.62. The number of benzene rings is 1. The van der Waals surface area contributed by atoms with Gasteiger partial charge in [-0.2, -0.15) is 0 Å². The molecular weight excluding hydrogens is 184 g/mol. The molecule has 0 spiro atoms. The fraction of sp³-hybridized carbons (Fsp3) is 0.308. The van der Waals surface area contributed by atoms with E-state index in [0.29, 0.717) is 6.04 Å². The molecule has 1 aliphatic rings. The van der Waals surface area contributed by atoms with Crippen molar-refractivity contribution in [3.8, 4) is 0 Å². The summed E-state index contributed by atoms with van der Waals surface area (Å²) in [6.45, 7) is 2.20. The van der Waals surface area contributed by atoms with Crippen LogP contribution in [0.1, 0.15) is 18.9 Å². The fourth-order valence-corrected chi connectivity index (χ4v) is 2.09. The van der Waals surface area contributed by atoms with Crippen molar-refractivity contribution in [1.82, 2.24) is 4.98 Å². The third-order valence-electron chi connectivity index (χ3n) is 2.97. The van der Waals surface area contributed by atoms with Gasteiger partial charge in [0, 0.05) is 11.4 Å². The average molecular weight is 197 g/mol. The Labute approximate surface area is 89.3 Å². The number of aryl methyl sites for hydroxylation is 1. The van der Waals surface area contributed by atoms with Gasteiger partial charge in [0.05, 0.1) is 5.52 Å². The summed E-state index contributed by atoms with van der Waals surface area (Å²) in [6, 6.07) is 11.8. The first kappa shape index (κ1) is 8.72. The van der Waals surface area contributed by atoms with E-state index in [9.17, 15) is 0 Å². The first-order valence-corrected chi connectivity index (χ1v) is 5.39. The van der Waals surface area contributed by atoms with Gasteiger partial charge in [0.25, 0.3) is 0 Å². The Bertz CT molecular complexity index is 505. The van der Waals surface area contributed by atoms with Gasteiger partial charge in [-0.15, -0.1) is 0 Å². The molecule has 1 aromatic heterocycles. The van der Waals surface area contributed by atoms with E-state index in [1.165, 1.54) is 17.4 Å². The molecule has 0 amide bonds. The molecule has 1 aliphatic heterocycles. The van der Waals surface area contributed by atoms with E-state index in [0.717, 1.165) is 17.8 Å². The fourth-order valence-electron chi connectivity index (χ4n) is 2.09. The summed E-state index contributed by atoms with van der Waals surface area (Å²) in [5, 5.41) is 4.64. The van der Waals surface area contributed by atoms with Crippen molar-refractivity contribution in [2.75, 3.05) is 5.32 Å². The Balaban J connectivity index is 2.20. The zero-order valence-corrected chi connectivity index (χ0v) is 8.75. The van der Waals surface area contributed by atoms with E-state index in [-0.39, 0.29) is 0 Å². The Hall–Kier alpha value is -1.57. The molecule has 0 bridgehead atoms. The van der Waals surface area contributed by atoms with E-state index < -0.39 is 0 Å². The second-order valence-corrected chi connectivity index (χ2v) is 4.20. The van der Waals surface area contributed by atoms with E-state index in [4.69, 9.17) is 0 Å². The number of fused-ring (bicyclic) bond motifs is 2. The van der Waals surface area contributed by atoms with Crippen LogP contribution >= 0.6 is 0 Å². The maximum atomic E-state index is 4.62. The largest absolute Gasteiger partial charge is 0.367 e. The van der Waals surface area contributed by atoms with E-state index >= 15 is 0 Å². The Kier molecular flexibility index (Phi) is 1.88. The molecule has 0 fully saturated rings. The summed E-state index contributed by atoms with van der Waals surface area (Å²) in [5.41, 5.74) is 2.37. The molecule has 2 nitrogen and oxygen atoms in total. The summed E-state index contributed by atoms with van der Waals surface area (Å²) >= 11 is 0. The molecule has 1 radical (unpaired) electrons. The van der Waals surface area contributed by atoms with Crippen LogP contribution in [0.2, 0.25) is 0 Å². The van der Waals surface area contributed by atoms with Crippen LogP contribution in [0.5, 0.6) is 0 Å². The maximum absolute atomic E-state index is 4.62. The van der Waals surface area contributed by atoms with Crippen molar-refractivity contribution in [2.24, 2.45) is 0 Å². The molecule has 3 rings (SSSR count). The highest BCUT2D eigenvalue weighted by molar-refractivity contribution is 5.81. The van der Waals surface area contributed by atoms with Gasteiger partial charge < -0.3 is 5.32 Å². The lowest BCUT2D eigenvalue weighted by Gasteiger charge is -2.23. The lowest BCUT2D eigenvalue weighted by Crippen LogP contribution is -2.22. The molecule has 0 saturated carbocycles. The highest BCUT2D eigenvalue weighted by Crippen LogP contribution is 2.26. The Morgan fingerprint density at radius 3 is 3.40 bits per heavy atom. The van der Waals surface area contributed by atoms with Gasteiger partial charge in [0.1, 0.15) is 5.82 Å². The second kappa shape index (κ2) is 3.23. The number of aromatic nitrogens is 1. The zero-order chi connectivity index (χ0) is 10.3. The van der Waals surface area contributed by atoms with Gasteiger partial charge in [0.2, 0.25) is 0 Å². The van der Waals surface area contributed by atoms with Gasteiger partial charge in [-0.25, -0.2) is 4.98 Å². The van der Waals surface area contributed by atoms with E-state index in [1.54, 1.807) is 0 Å². The first-order valence-electron chi connectivity index (χ1n) is 5.39. The minimum atomic E-state index is 0.537. The predicted octanol–water partition coefficient (Wildman–Crippen LogP) is 2.78. The van der Waals surface area contributed by atoms with Crippen LogP contribution in [-0.4, -0.2) is 11.0 Å². The third kappa shape index (κ3) is 1.46. The number of nitrogens with zero attached hydrogens (tertiary/aromatic N) is 1. The zero-order valence-electron chi connectivity index (χ0n) is 8.75. The lowest BCUT2D eigenvalue weighted by atomic mass is 10.0. The SMILES string of the molecule is C[C@H]1CCc2cc3cc[c]cc3nc2N1. The number of hydrogen-bond acceptors (Lipinski definition) is 2. The standard InChI is InChI=1S/C13H13N2/c1-9-6-7-11-8-10-4-2-3-5-12(10)15-13(11)14-9/h2,4-5,8-9H,6-7H2,1H3,(H,14,15)/t9-/m0/s1. The molecule has 1 atom stereocenters. The van der Waals surface area contributed by atoms with Crippen molar-refractivity contribution < 1.29 is 0 Å². The lowest BCUT2D eigenvalue weighted by molar-refractivity contribution is 0.675. The minimum Gasteiger partial charge on any atom is -0.367 e. The topological polar surface area (TPSA) is 24.9 Å². The molecule has 2 aromatic rings. The number of hydrogen-bond donors (Lipinski definition) is 1. The van der Waals surface area contributed by atoms with Crippen LogP contribution in [0.4, 0.5) is 5.82 Å². The first-order chi connectivity index (χ1) is 7.33. The number of nitrogens with one attached hydrogen (secondary N) is 1. The molecule has 2 heteroatoms. The summed E-state index contributed by atoms with van der Waals surface area (Å²) in [7, 11) is 0. The molecule has 2 heterocycles. The highest BCUT2D eigenvalue weighted by Gasteiger charge is 2.15. The van der Waals surface area contributed by atoms with Gasteiger partial charge in [-0.05, 0) is 43.5 Å². The highest BCUT2D eigenvalue weighted by atomic mass is 15.0. The Morgan fingerprint density at radius 2 is 2.47 bits per heavy atom. The van der Waals surface area contributed by atoms with Crippen molar-refractivity contribution in [2.45, 2.75) is 25.8 Å². The van der Waals surface area contributed by atoms with E-state index in [1.807, 2.05) is 12.1 Å². The van der Waals surface area contributed by atoms with Crippen LogP contribution in [0, 0.1) is 6.07 Å².